The molecular weight excluding hydrogens is 222 g/mol. The highest BCUT2D eigenvalue weighted by Crippen LogP contribution is 2.17. The van der Waals surface area contributed by atoms with E-state index in [1.54, 1.807) is 12.3 Å². The molecule has 1 heterocycles. The Kier molecular flexibility index (Phi) is 2.27. The van der Waals surface area contributed by atoms with Crippen LogP contribution >= 0.6 is 0 Å². The van der Waals surface area contributed by atoms with Gasteiger partial charge in [-0.25, -0.2) is 0 Å². The molecule has 0 saturated heterocycles. The number of pyridine rings is 1. The molecule has 2 heteroatoms. The van der Waals surface area contributed by atoms with Crippen molar-refractivity contribution in [1.29, 1.82) is 0 Å². The van der Waals surface area contributed by atoms with Crippen molar-refractivity contribution in [1.82, 2.24) is 4.98 Å². The normalized spacial score (nSPS) is 14.9. The van der Waals surface area contributed by atoms with Crippen molar-refractivity contribution in [3.8, 4) is 11.3 Å². The quantitative estimate of drug-likeness (QED) is 0.736. The molecule has 0 amide bonds. The maximum Gasteiger partial charge on any atom is 0.0799 e. The second kappa shape index (κ2) is 4.45. The van der Waals surface area contributed by atoms with Gasteiger partial charge in [-0.15, -0.1) is 0 Å². The van der Waals surface area contributed by atoms with Crippen molar-refractivity contribution in [3.05, 3.63) is 48.2 Å². The van der Waals surface area contributed by atoms with E-state index >= 15 is 0 Å². The Bertz CT molecular complexity index is 601. The third-order valence-corrected chi connectivity index (χ3v) is 4.80. The van der Waals surface area contributed by atoms with Gasteiger partial charge < -0.3 is 0 Å². The van der Waals surface area contributed by atoms with Gasteiger partial charge in [-0.1, -0.05) is 50.0 Å². The van der Waals surface area contributed by atoms with Crippen LogP contribution in [0.1, 0.15) is 9.68 Å². The predicted molar refractivity (Wildman–Crippen MR) is 77.4 cm³/mol. The van der Waals surface area contributed by atoms with E-state index in [1.165, 1.54) is 0 Å². The Balaban J connectivity index is 2.62. The molecule has 17 heavy (non-hydrogen) atoms. The fourth-order valence-electron chi connectivity index (χ4n) is 1.82. The van der Waals surface area contributed by atoms with E-state index in [2.05, 4.69) is 24.6 Å². The van der Waals surface area contributed by atoms with Crippen LogP contribution in [0.2, 0.25) is 19.6 Å². The maximum atomic E-state index is 7.78. The summed E-state index contributed by atoms with van der Waals surface area (Å²) in [5.41, 5.74) is 2.12. The topological polar surface area (TPSA) is 12.9 Å². The predicted octanol–water partition coefficient (Wildman–Crippen LogP) is 3.60. The molecule has 0 fully saturated rings. The molecule has 88 valence electrons. The Morgan fingerprint density at radius 3 is 2.41 bits per heavy atom. The summed E-state index contributed by atoms with van der Waals surface area (Å²) in [5.74, 6) is 0. The summed E-state index contributed by atoms with van der Waals surface area (Å²) in [6, 6.07) is 11.4. The van der Waals surface area contributed by atoms with Crippen LogP contribution in [0.25, 0.3) is 11.3 Å². The molecule has 1 aromatic heterocycles. The van der Waals surface area contributed by atoms with Gasteiger partial charge in [-0.05, 0) is 23.7 Å². The zero-order valence-corrected chi connectivity index (χ0v) is 11.5. The van der Waals surface area contributed by atoms with Crippen molar-refractivity contribution in [3.63, 3.8) is 0 Å². The average molecular weight is 244 g/mol. The molecule has 2 aromatic rings. The van der Waals surface area contributed by atoms with Crippen LogP contribution in [0.3, 0.4) is 0 Å². The number of rotatable bonds is 2. The number of hydrogen-bond acceptors (Lipinski definition) is 1. The van der Waals surface area contributed by atoms with E-state index in [9.17, 15) is 0 Å². The number of aryl methyl sites for hydroxylation is 1. The van der Waals surface area contributed by atoms with Gasteiger partial charge in [0.1, 0.15) is 0 Å². The molecule has 0 aliphatic carbocycles. The Hall–Kier alpha value is -1.41. The first-order valence-electron chi connectivity index (χ1n) is 7.26. The molecule has 1 nitrogen and oxygen atoms in total. The minimum absolute atomic E-state index is 0.450. The first kappa shape index (κ1) is 8.64. The van der Waals surface area contributed by atoms with Gasteiger partial charge in [0.15, 0.2) is 0 Å². The zero-order chi connectivity index (χ0) is 15.0. The van der Waals surface area contributed by atoms with Crippen molar-refractivity contribution >= 4 is 13.3 Å². The zero-order valence-electron chi connectivity index (χ0n) is 13.5. The van der Waals surface area contributed by atoms with Crippen LogP contribution in [0.4, 0.5) is 0 Å². The number of nitrogens with zero attached hydrogens (tertiary/aromatic N) is 1. The van der Waals surface area contributed by atoms with E-state index in [0.29, 0.717) is 5.56 Å². The minimum Gasteiger partial charge on any atom is -0.256 e. The van der Waals surface area contributed by atoms with Gasteiger partial charge in [0, 0.05) is 15.9 Å². The highest BCUT2D eigenvalue weighted by atomic mass is 28.3. The van der Waals surface area contributed by atoms with E-state index in [1.807, 2.05) is 30.3 Å². The van der Waals surface area contributed by atoms with Gasteiger partial charge in [0.25, 0.3) is 0 Å². The lowest BCUT2D eigenvalue weighted by Gasteiger charge is -2.19. The smallest absolute Gasteiger partial charge is 0.0799 e. The molecule has 0 unspecified atom stereocenters. The molecule has 2 rings (SSSR count). The van der Waals surface area contributed by atoms with E-state index in [-0.39, 0.29) is 0 Å². The Labute approximate surface area is 109 Å². The molecule has 0 spiro atoms. The lowest BCUT2D eigenvalue weighted by Crippen LogP contribution is -2.39. The highest BCUT2D eigenvalue weighted by molar-refractivity contribution is 6.89. The van der Waals surface area contributed by atoms with Crippen LogP contribution in [0, 0.1) is 6.85 Å². The number of benzene rings is 1. The Morgan fingerprint density at radius 2 is 1.82 bits per heavy atom. The second-order valence-electron chi connectivity index (χ2n) is 5.23. The molecule has 0 aliphatic heterocycles. The highest BCUT2D eigenvalue weighted by Gasteiger charge is 2.19. The van der Waals surface area contributed by atoms with Gasteiger partial charge in [0.05, 0.1) is 13.8 Å². The molecule has 0 N–H and O–H groups in total. The van der Waals surface area contributed by atoms with Crippen LogP contribution < -0.4 is 5.19 Å². The summed E-state index contributed by atoms with van der Waals surface area (Å²) in [7, 11) is -1.73. The number of aromatic nitrogens is 1. The SMILES string of the molecule is [2H]C([2H])([2H])c1cc(-c2ccccc2)ncc1[Si](C)(C)C. The summed E-state index contributed by atoms with van der Waals surface area (Å²) >= 11 is 0. The summed E-state index contributed by atoms with van der Waals surface area (Å²) in [4.78, 5) is 4.47. The third kappa shape index (κ3) is 2.64. The van der Waals surface area contributed by atoms with E-state index < -0.39 is 14.9 Å². The van der Waals surface area contributed by atoms with Crippen LogP contribution in [-0.2, 0) is 0 Å². The van der Waals surface area contributed by atoms with Crippen molar-refractivity contribution in [2.45, 2.75) is 26.5 Å². The molecule has 1 aromatic carbocycles. The third-order valence-electron chi connectivity index (χ3n) is 2.78. The molecule has 0 aliphatic rings. The van der Waals surface area contributed by atoms with Gasteiger partial charge in [0.2, 0.25) is 0 Å². The fraction of sp³-hybridized carbons (Fsp3) is 0.267. The largest absolute Gasteiger partial charge is 0.256 e. The maximum absolute atomic E-state index is 7.78. The standard InChI is InChI=1S/C15H19NSi/c1-12-10-14(13-8-6-5-7-9-13)16-11-15(12)17(2,3)4/h5-11H,1-4H3/i1D3. The molecule has 0 radical (unpaired) electrons. The Morgan fingerprint density at radius 1 is 1.12 bits per heavy atom. The number of hydrogen-bond donors (Lipinski definition) is 0. The van der Waals surface area contributed by atoms with Crippen molar-refractivity contribution in [2.75, 3.05) is 0 Å². The van der Waals surface area contributed by atoms with Crippen molar-refractivity contribution < 1.29 is 4.11 Å². The van der Waals surface area contributed by atoms with Crippen LogP contribution in [-0.4, -0.2) is 13.1 Å². The minimum atomic E-state index is -2.10. The monoisotopic (exact) mass is 244 g/mol. The second-order valence-corrected chi connectivity index (χ2v) is 10.3. The summed E-state index contributed by atoms with van der Waals surface area (Å²) in [6.45, 7) is 4.33. The first-order valence-corrected chi connectivity index (χ1v) is 9.26. The van der Waals surface area contributed by atoms with Crippen LogP contribution in [0.15, 0.2) is 42.6 Å². The molecule has 0 saturated carbocycles. The van der Waals surface area contributed by atoms with Gasteiger partial charge in [-0.3, -0.25) is 4.98 Å². The average Bonchev–Trinajstić information content (AvgIpc) is 2.37. The first-order chi connectivity index (χ1) is 9.19. The van der Waals surface area contributed by atoms with Crippen molar-refractivity contribution in [2.24, 2.45) is 0 Å². The molecule has 0 bridgehead atoms. The molecule has 0 atom stereocenters. The fourth-order valence-corrected chi connectivity index (χ4v) is 3.15. The van der Waals surface area contributed by atoms with E-state index in [4.69, 9.17) is 4.11 Å². The van der Waals surface area contributed by atoms with Crippen LogP contribution in [0.5, 0.6) is 0 Å². The molecular formula is C15H19NSi. The summed E-state index contributed by atoms with van der Waals surface area (Å²) in [5, 5.41) is 0.914. The van der Waals surface area contributed by atoms with Gasteiger partial charge in [-0.2, -0.15) is 0 Å². The lowest BCUT2D eigenvalue weighted by molar-refractivity contribution is 1.30. The van der Waals surface area contributed by atoms with Gasteiger partial charge >= 0.3 is 0 Å². The lowest BCUT2D eigenvalue weighted by atomic mass is 10.1. The summed E-state index contributed by atoms with van der Waals surface area (Å²) in [6.07, 6.45) is 1.76. The summed E-state index contributed by atoms with van der Waals surface area (Å²) < 4.78 is 23.3. The van der Waals surface area contributed by atoms with E-state index in [0.717, 1.165) is 16.4 Å².